The van der Waals surface area contributed by atoms with Gasteiger partial charge >= 0.3 is 0 Å². The van der Waals surface area contributed by atoms with Crippen LogP contribution >= 0.6 is 0 Å². The number of hydrogen-bond donors (Lipinski definition) is 3. The van der Waals surface area contributed by atoms with Crippen LogP contribution < -0.4 is 11.3 Å². The number of β-amino-alcohol motifs (C(OH)–C–C–N with tert-alkyl or cyclic N) is 1. The van der Waals surface area contributed by atoms with Crippen molar-refractivity contribution in [3.63, 3.8) is 0 Å². The highest BCUT2D eigenvalue weighted by Gasteiger charge is 2.26. The Morgan fingerprint density at radius 2 is 2.06 bits per heavy atom. The van der Waals surface area contributed by atoms with Crippen LogP contribution in [0.25, 0.3) is 0 Å². The third kappa shape index (κ3) is 2.27. The van der Waals surface area contributed by atoms with Crippen molar-refractivity contribution in [3.05, 3.63) is 29.3 Å². The number of aliphatic hydroxyl groups excluding tert-OH is 1. The summed E-state index contributed by atoms with van der Waals surface area (Å²) in [5.41, 5.74) is 1.31. The summed E-state index contributed by atoms with van der Waals surface area (Å²) in [6, 6.07) is 1.84. The average molecular weight is 257 g/mol. The van der Waals surface area contributed by atoms with E-state index >= 15 is 0 Å². The number of rotatable bonds is 2. The Hall–Kier alpha value is -1.73. The average Bonchev–Trinajstić information content (AvgIpc) is 2.74. The van der Waals surface area contributed by atoms with Crippen LogP contribution in [0.2, 0.25) is 0 Å². The molecule has 0 radical (unpaired) electrons. The molecule has 1 aromatic rings. The summed E-state index contributed by atoms with van der Waals surface area (Å²) in [4.78, 5) is 13.3. The van der Waals surface area contributed by atoms with Gasteiger partial charge in [-0.05, 0) is 18.6 Å². The van der Waals surface area contributed by atoms with Crippen LogP contribution in [0.5, 0.6) is 0 Å². The molecule has 2 rings (SSSR count). The van der Waals surface area contributed by atoms with Gasteiger partial charge in [-0.15, -0.1) is 0 Å². The van der Waals surface area contributed by atoms with Crippen molar-refractivity contribution in [1.82, 2.24) is 4.90 Å². The summed E-state index contributed by atoms with van der Waals surface area (Å²) in [7, 11) is 0. The number of carbonyl (C=O) groups is 1. The van der Waals surface area contributed by atoms with Crippen molar-refractivity contribution in [2.75, 3.05) is 18.5 Å². The molecule has 18 heavy (non-hydrogen) atoms. The summed E-state index contributed by atoms with van der Waals surface area (Å²) in [6.07, 6.45) is -0.104. The van der Waals surface area contributed by atoms with E-state index < -0.39 is 29.3 Å². The number of nitrogens with one attached hydrogen (secondary N) is 1. The van der Waals surface area contributed by atoms with E-state index in [4.69, 9.17) is 5.84 Å². The number of hydrogen-bond acceptors (Lipinski definition) is 4. The maximum Gasteiger partial charge on any atom is 0.254 e. The lowest BCUT2D eigenvalue weighted by Gasteiger charge is -2.16. The Balaban J connectivity index is 2.26. The first kappa shape index (κ1) is 12.7. The highest BCUT2D eigenvalue weighted by molar-refractivity contribution is 5.94. The third-order valence-corrected chi connectivity index (χ3v) is 2.88. The lowest BCUT2D eigenvalue weighted by molar-refractivity contribution is 0.0764. The van der Waals surface area contributed by atoms with Crippen molar-refractivity contribution in [1.29, 1.82) is 0 Å². The fraction of sp³-hybridized carbons (Fsp3) is 0.364. The zero-order valence-corrected chi connectivity index (χ0v) is 9.49. The molecule has 5 nitrogen and oxygen atoms in total. The van der Waals surface area contributed by atoms with Gasteiger partial charge in [0.05, 0.1) is 6.10 Å². The second kappa shape index (κ2) is 4.87. The Bertz CT molecular complexity index is 458. The van der Waals surface area contributed by atoms with E-state index in [-0.39, 0.29) is 12.1 Å². The summed E-state index contributed by atoms with van der Waals surface area (Å²) >= 11 is 0. The van der Waals surface area contributed by atoms with Gasteiger partial charge < -0.3 is 15.4 Å². The van der Waals surface area contributed by atoms with Crippen LogP contribution in [0.1, 0.15) is 16.8 Å². The minimum absolute atomic E-state index is 0.0990. The van der Waals surface area contributed by atoms with Gasteiger partial charge in [0, 0.05) is 18.7 Å². The standard InChI is InChI=1S/C11H13F2N3O2/c12-8-3-6(4-9(13)10(8)15-14)11(18)16-2-1-7(17)5-16/h3-4,7,15,17H,1-2,5,14H2. The van der Waals surface area contributed by atoms with E-state index in [2.05, 4.69) is 0 Å². The minimum Gasteiger partial charge on any atom is -0.391 e. The number of likely N-dealkylation sites (tertiary alicyclic amines) is 1. The summed E-state index contributed by atoms with van der Waals surface area (Å²) in [5, 5.41) is 9.32. The minimum atomic E-state index is -0.930. The molecule has 1 aromatic carbocycles. The van der Waals surface area contributed by atoms with Gasteiger partial charge in [-0.25, -0.2) is 8.78 Å². The monoisotopic (exact) mass is 257 g/mol. The van der Waals surface area contributed by atoms with E-state index in [1.54, 1.807) is 0 Å². The number of aliphatic hydroxyl groups is 1. The number of nitrogen functional groups attached to an aromatic ring is 1. The van der Waals surface area contributed by atoms with Gasteiger partial charge in [0.15, 0.2) is 11.6 Å². The second-order valence-corrected chi connectivity index (χ2v) is 4.15. The number of hydrazine groups is 1. The van der Waals surface area contributed by atoms with Gasteiger partial charge in [0.25, 0.3) is 5.91 Å². The van der Waals surface area contributed by atoms with Crippen LogP contribution in [0.4, 0.5) is 14.5 Å². The molecule has 0 aliphatic carbocycles. The number of amides is 1. The normalized spacial score (nSPS) is 19.1. The molecule has 0 saturated carbocycles. The van der Waals surface area contributed by atoms with Crippen molar-refractivity contribution in [2.24, 2.45) is 5.84 Å². The van der Waals surface area contributed by atoms with Crippen LogP contribution in [0.15, 0.2) is 12.1 Å². The van der Waals surface area contributed by atoms with Gasteiger partial charge in [0.2, 0.25) is 0 Å². The maximum atomic E-state index is 13.4. The highest BCUT2D eigenvalue weighted by atomic mass is 19.1. The number of anilines is 1. The Kier molecular flexibility index (Phi) is 3.44. The molecule has 1 fully saturated rings. The van der Waals surface area contributed by atoms with E-state index in [9.17, 15) is 18.7 Å². The quantitative estimate of drug-likeness (QED) is 0.531. The van der Waals surface area contributed by atoms with Crippen LogP contribution in [-0.4, -0.2) is 35.1 Å². The molecule has 4 N–H and O–H groups in total. The zero-order valence-electron chi connectivity index (χ0n) is 9.49. The van der Waals surface area contributed by atoms with Crippen molar-refractivity contribution >= 4 is 11.6 Å². The van der Waals surface area contributed by atoms with Crippen LogP contribution in [0, 0.1) is 11.6 Å². The molecule has 0 spiro atoms. The first-order valence-corrected chi connectivity index (χ1v) is 5.46. The van der Waals surface area contributed by atoms with Crippen LogP contribution in [-0.2, 0) is 0 Å². The molecular weight excluding hydrogens is 244 g/mol. The number of halogens is 2. The number of nitrogens with zero attached hydrogens (tertiary/aromatic N) is 1. The molecule has 1 heterocycles. The summed E-state index contributed by atoms with van der Waals surface area (Å²) in [6.45, 7) is 0.555. The second-order valence-electron chi connectivity index (χ2n) is 4.15. The Labute approximate surface area is 102 Å². The first-order chi connectivity index (χ1) is 8.52. The fourth-order valence-electron chi connectivity index (χ4n) is 1.94. The SMILES string of the molecule is NNc1c(F)cc(C(=O)N2CCC(O)C2)cc1F. The zero-order chi connectivity index (χ0) is 13.3. The number of benzene rings is 1. The topological polar surface area (TPSA) is 78.6 Å². The van der Waals surface area contributed by atoms with E-state index in [0.29, 0.717) is 13.0 Å². The van der Waals surface area contributed by atoms with Gasteiger partial charge in [-0.3, -0.25) is 10.6 Å². The molecular formula is C11H13F2N3O2. The van der Waals surface area contributed by atoms with Crippen LogP contribution in [0.3, 0.4) is 0 Å². The highest BCUT2D eigenvalue weighted by Crippen LogP contribution is 2.21. The maximum absolute atomic E-state index is 13.4. The van der Waals surface area contributed by atoms with Crippen molar-refractivity contribution in [3.8, 4) is 0 Å². The Morgan fingerprint density at radius 3 is 2.50 bits per heavy atom. The fourth-order valence-corrected chi connectivity index (χ4v) is 1.94. The summed E-state index contributed by atoms with van der Waals surface area (Å²) < 4.78 is 26.9. The van der Waals surface area contributed by atoms with Gasteiger partial charge in [0.1, 0.15) is 5.69 Å². The Morgan fingerprint density at radius 1 is 1.44 bits per heavy atom. The van der Waals surface area contributed by atoms with E-state index in [1.165, 1.54) is 4.90 Å². The smallest absolute Gasteiger partial charge is 0.254 e. The predicted molar refractivity (Wildman–Crippen MR) is 60.7 cm³/mol. The molecule has 1 aliphatic heterocycles. The molecule has 98 valence electrons. The molecule has 7 heteroatoms. The summed E-state index contributed by atoms with van der Waals surface area (Å²) in [5.74, 6) is 2.59. The molecule has 1 saturated heterocycles. The van der Waals surface area contributed by atoms with E-state index in [1.807, 2.05) is 5.43 Å². The molecule has 1 atom stereocenters. The van der Waals surface area contributed by atoms with Gasteiger partial charge in [-0.1, -0.05) is 0 Å². The lowest BCUT2D eigenvalue weighted by atomic mass is 10.1. The number of carbonyl (C=O) groups excluding carboxylic acids is 1. The van der Waals surface area contributed by atoms with Gasteiger partial charge in [-0.2, -0.15) is 0 Å². The van der Waals surface area contributed by atoms with E-state index in [0.717, 1.165) is 12.1 Å². The number of nitrogens with two attached hydrogens (primary N) is 1. The molecule has 0 aromatic heterocycles. The molecule has 1 unspecified atom stereocenters. The van der Waals surface area contributed by atoms with Crippen molar-refractivity contribution in [2.45, 2.75) is 12.5 Å². The van der Waals surface area contributed by atoms with Crippen molar-refractivity contribution < 1.29 is 18.7 Å². The largest absolute Gasteiger partial charge is 0.391 e. The third-order valence-electron chi connectivity index (χ3n) is 2.88. The lowest BCUT2D eigenvalue weighted by Crippen LogP contribution is -2.29. The molecule has 1 aliphatic rings. The first-order valence-electron chi connectivity index (χ1n) is 5.46. The predicted octanol–water partition coefficient (Wildman–Crippen LogP) is 0.457. The molecule has 0 bridgehead atoms. The molecule has 1 amide bonds.